The van der Waals surface area contributed by atoms with Crippen LogP contribution in [0.3, 0.4) is 0 Å². The molecule has 0 aliphatic carbocycles. The highest BCUT2D eigenvalue weighted by atomic mass is 16.5. The van der Waals surface area contributed by atoms with Crippen LogP contribution in [0, 0.1) is 6.92 Å². The lowest BCUT2D eigenvalue weighted by atomic mass is 9.92. The molecule has 1 saturated heterocycles. The van der Waals surface area contributed by atoms with Crippen molar-refractivity contribution in [3.63, 3.8) is 0 Å². The van der Waals surface area contributed by atoms with E-state index in [4.69, 9.17) is 4.52 Å². The Labute approximate surface area is 110 Å². The third-order valence-electron chi connectivity index (χ3n) is 3.37. The smallest absolute Gasteiger partial charge is 0.259 e. The number of hydrogen-bond donors (Lipinski definition) is 2. The van der Waals surface area contributed by atoms with Crippen LogP contribution in [-0.4, -0.2) is 33.3 Å². The summed E-state index contributed by atoms with van der Waals surface area (Å²) >= 11 is 0. The van der Waals surface area contributed by atoms with Crippen molar-refractivity contribution in [3.8, 4) is 11.5 Å². The normalized spacial score (nSPS) is 18.4. The van der Waals surface area contributed by atoms with Gasteiger partial charge < -0.3 is 14.9 Å². The average molecular weight is 260 g/mol. The van der Waals surface area contributed by atoms with Crippen LogP contribution in [-0.2, 0) is 5.60 Å². The molecule has 6 nitrogen and oxygen atoms in total. The standard InChI is InChI=1S/C13H16N4O2/c1-9-3-2-4-10(15-9)11-16-12(19-17-11)13(18)5-7-14-8-6-13/h2-4,14,18H,5-8H2,1H3. The van der Waals surface area contributed by atoms with Gasteiger partial charge in [-0.2, -0.15) is 4.98 Å². The number of nitrogens with zero attached hydrogens (tertiary/aromatic N) is 3. The van der Waals surface area contributed by atoms with Gasteiger partial charge in [-0.05, 0) is 45.0 Å². The number of aliphatic hydroxyl groups is 1. The van der Waals surface area contributed by atoms with Crippen molar-refractivity contribution in [2.45, 2.75) is 25.4 Å². The molecule has 0 aromatic carbocycles. The van der Waals surface area contributed by atoms with Gasteiger partial charge >= 0.3 is 0 Å². The molecule has 0 bridgehead atoms. The molecule has 1 fully saturated rings. The predicted molar refractivity (Wildman–Crippen MR) is 68.3 cm³/mol. The highest BCUT2D eigenvalue weighted by molar-refractivity contribution is 5.48. The van der Waals surface area contributed by atoms with Gasteiger partial charge in [0.2, 0.25) is 5.82 Å². The average Bonchev–Trinajstić information content (AvgIpc) is 2.90. The third kappa shape index (κ3) is 2.36. The first-order chi connectivity index (χ1) is 9.17. The second kappa shape index (κ2) is 4.71. The minimum absolute atomic E-state index is 0.285. The zero-order valence-corrected chi connectivity index (χ0v) is 10.8. The predicted octanol–water partition coefficient (Wildman–Crippen LogP) is 1.01. The summed E-state index contributed by atoms with van der Waals surface area (Å²) in [4.78, 5) is 8.64. The molecule has 2 aromatic rings. The fourth-order valence-electron chi connectivity index (χ4n) is 2.24. The van der Waals surface area contributed by atoms with E-state index >= 15 is 0 Å². The van der Waals surface area contributed by atoms with Crippen molar-refractivity contribution in [2.75, 3.05) is 13.1 Å². The molecule has 0 amide bonds. The second-order valence-corrected chi connectivity index (χ2v) is 4.87. The molecule has 0 spiro atoms. The van der Waals surface area contributed by atoms with Gasteiger partial charge in [0.05, 0.1) is 0 Å². The highest BCUT2D eigenvalue weighted by Crippen LogP contribution is 2.30. The molecular weight excluding hydrogens is 244 g/mol. The van der Waals surface area contributed by atoms with Crippen molar-refractivity contribution >= 4 is 0 Å². The quantitative estimate of drug-likeness (QED) is 0.838. The fraction of sp³-hybridized carbons (Fsp3) is 0.462. The maximum absolute atomic E-state index is 10.5. The number of rotatable bonds is 2. The molecule has 2 aromatic heterocycles. The zero-order valence-electron chi connectivity index (χ0n) is 10.8. The molecule has 1 aliphatic rings. The monoisotopic (exact) mass is 260 g/mol. The topological polar surface area (TPSA) is 84.1 Å². The van der Waals surface area contributed by atoms with E-state index in [1.807, 2.05) is 25.1 Å². The molecule has 0 atom stereocenters. The van der Waals surface area contributed by atoms with E-state index in [-0.39, 0.29) is 5.89 Å². The Kier molecular flexibility index (Phi) is 3.04. The molecule has 19 heavy (non-hydrogen) atoms. The summed E-state index contributed by atoms with van der Waals surface area (Å²) in [5.41, 5.74) is 0.539. The summed E-state index contributed by atoms with van der Waals surface area (Å²) in [6.45, 7) is 3.40. The summed E-state index contributed by atoms with van der Waals surface area (Å²) < 4.78 is 5.22. The summed E-state index contributed by atoms with van der Waals surface area (Å²) in [5, 5.41) is 17.6. The molecule has 6 heteroatoms. The van der Waals surface area contributed by atoms with Gasteiger partial charge in [0, 0.05) is 5.69 Å². The largest absolute Gasteiger partial charge is 0.380 e. The van der Waals surface area contributed by atoms with E-state index in [9.17, 15) is 5.11 Å². The van der Waals surface area contributed by atoms with Crippen LogP contribution in [0.1, 0.15) is 24.4 Å². The summed E-state index contributed by atoms with van der Waals surface area (Å²) in [6.07, 6.45) is 1.16. The van der Waals surface area contributed by atoms with Crippen molar-refractivity contribution in [1.29, 1.82) is 0 Å². The Morgan fingerprint density at radius 3 is 2.79 bits per heavy atom. The number of pyridine rings is 1. The molecule has 3 heterocycles. The van der Waals surface area contributed by atoms with E-state index in [0.717, 1.165) is 18.8 Å². The van der Waals surface area contributed by atoms with Crippen LogP contribution in [0.15, 0.2) is 22.7 Å². The van der Waals surface area contributed by atoms with Gasteiger partial charge in [0.1, 0.15) is 11.3 Å². The number of hydrogen-bond acceptors (Lipinski definition) is 6. The lowest BCUT2D eigenvalue weighted by molar-refractivity contribution is -0.0228. The maximum atomic E-state index is 10.5. The molecule has 100 valence electrons. The first-order valence-electron chi connectivity index (χ1n) is 6.39. The first kappa shape index (κ1) is 12.3. The van der Waals surface area contributed by atoms with Gasteiger partial charge in [-0.3, -0.25) is 0 Å². The SMILES string of the molecule is Cc1cccc(-c2noc(C3(O)CCNCC3)n2)n1. The molecular formula is C13H16N4O2. The summed E-state index contributed by atoms with van der Waals surface area (Å²) in [7, 11) is 0. The van der Waals surface area contributed by atoms with Crippen LogP contribution >= 0.6 is 0 Å². The van der Waals surface area contributed by atoms with Gasteiger partial charge in [-0.1, -0.05) is 11.2 Å². The van der Waals surface area contributed by atoms with Crippen molar-refractivity contribution in [3.05, 3.63) is 29.8 Å². The van der Waals surface area contributed by atoms with Crippen LogP contribution in [0.5, 0.6) is 0 Å². The number of nitrogens with one attached hydrogen (secondary N) is 1. The Morgan fingerprint density at radius 2 is 2.05 bits per heavy atom. The van der Waals surface area contributed by atoms with Crippen LogP contribution in [0.2, 0.25) is 0 Å². The highest BCUT2D eigenvalue weighted by Gasteiger charge is 2.37. The maximum Gasteiger partial charge on any atom is 0.259 e. The number of piperidine rings is 1. The van der Waals surface area contributed by atoms with Gasteiger partial charge in [-0.25, -0.2) is 4.98 Å². The van der Waals surface area contributed by atoms with Crippen molar-refractivity contribution < 1.29 is 9.63 Å². The minimum atomic E-state index is -1.01. The van der Waals surface area contributed by atoms with Gasteiger partial charge in [0.25, 0.3) is 5.89 Å². The van der Waals surface area contributed by atoms with E-state index in [1.165, 1.54) is 0 Å². The molecule has 2 N–H and O–H groups in total. The Bertz CT molecular complexity index is 576. The number of aromatic nitrogens is 3. The first-order valence-corrected chi connectivity index (χ1v) is 6.39. The van der Waals surface area contributed by atoms with Crippen molar-refractivity contribution in [1.82, 2.24) is 20.4 Å². The van der Waals surface area contributed by atoms with E-state index < -0.39 is 5.60 Å². The Hall–Kier alpha value is -1.79. The van der Waals surface area contributed by atoms with E-state index in [0.29, 0.717) is 24.4 Å². The molecule has 1 aliphatic heterocycles. The second-order valence-electron chi connectivity index (χ2n) is 4.87. The lowest BCUT2D eigenvalue weighted by Gasteiger charge is -2.28. The fourth-order valence-corrected chi connectivity index (χ4v) is 2.24. The van der Waals surface area contributed by atoms with Crippen molar-refractivity contribution in [2.24, 2.45) is 0 Å². The Balaban J connectivity index is 1.91. The molecule has 3 rings (SSSR count). The van der Waals surface area contributed by atoms with Crippen LogP contribution in [0.4, 0.5) is 0 Å². The summed E-state index contributed by atoms with van der Waals surface area (Å²) in [5.74, 6) is 0.706. The Morgan fingerprint density at radius 1 is 1.26 bits per heavy atom. The summed E-state index contributed by atoms with van der Waals surface area (Å²) in [6, 6.07) is 5.63. The molecule has 0 saturated carbocycles. The van der Waals surface area contributed by atoms with Gasteiger partial charge in [0.15, 0.2) is 0 Å². The van der Waals surface area contributed by atoms with Crippen LogP contribution < -0.4 is 5.32 Å². The van der Waals surface area contributed by atoms with Gasteiger partial charge in [-0.15, -0.1) is 0 Å². The van der Waals surface area contributed by atoms with E-state index in [1.54, 1.807) is 0 Å². The molecule has 0 radical (unpaired) electrons. The zero-order chi connectivity index (χ0) is 13.3. The van der Waals surface area contributed by atoms with Crippen LogP contribution in [0.25, 0.3) is 11.5 Å². The number of aryl methyl sites for hydroxylation is 1. The third-order valence-corrected chi connectivity index (χ3v) is 3.37. The molecule has 0 unspecified atom stereocenters. The van der Waals surface area contributed by atoms with E-state index in [2.05, 4.69) is 20.4 Å². The lowest BCUT2D eigenvalue weighted by Crippen LogP contribution is -2.39. The minimum Gasteiger partial charge on any atom is -0.380 e.